The number of amides is 1. The number of hydrogen-bond donors (Lipinski definition) is 1. The molecule has 0 aliphatic carbocycles. The third kappa shape index (κ3) is 4.89. The van der Waals surface area contributed by atoms with Gasteiger partial charge in [-0.15, -0.1) is 0 Å². The maximum Gasteiger partial charge on any atom is 0.417 e. The third-order valence-corrected chi connectivity index (χ3v) is 3.93. The molecule has 27 heavy (non-hydrogen) atoms. The molecule has 1 N–H and O–H groups in total. The van der Waals surface area contributed by atoms with Crippen molar-refractivity contribution in [3.05, 3.63) is 41.0 Å². The zero-order valence-electron chi connectivity index (χ0n) is 13.8. The van der Waals surface area contributed by atoms with Crippen LogP contribution in [-0.4, -0.2) is 32.8 Å². The van der Waals surface area contributed by atoms with Gasteiger partial charge in [-0.1, -0.05) is 11.2 Å². The van der Waals surface area contributed by atoms with E-state index in [1.54, 1.807) is 5.48 Å². The number of aryl methyl sites for hydroxylation is 1. The van der Waals surface area contributed by atoms with Gasteiger partial charge in [-0.3, -0.25) is 4.79 Å². The molecular weight excluding hydrogens is 395 g/mol. The lowest BCUT2D eigenvalue weighted by atomic mass is 10.1. The van der Waals surface area contributed by atoms with E-state index in [-0.39, 0.29) is 12.5 Å². The molecule has 0 saturated carbocycles. The third-order valence-electron chi connectivity index (χ3n) is 2.92. The number of benzene rings is 1. The zero-order valence-corrected chi connectivity index (χ0v) is 14.6. The van der Waals surface area contributed by atoms with Crippen LogP contribution in [0.2, 0.25) is 0 Å². The van der Waals surface area contributed by atoms with Crippen molar-refractivity contribution in [1.82, 2.24) is 15.6 Å². The van der Waals surface area contributed by atoms with Crippen molar-refractivity contribution in [3.63, 3.8) is 0 Å². The van der Waals surface area contributed by atoms with Gasteiger partial charge < -0.3 is 9.26 Å². The second kappa shape index (κ2) is 8.26. The van der Waals surface area contributed by atoms with Gasteiger partial charge in [0.05, 0.1) is 22.6 Å². The summed E-state index contributed by atoms with van der Waals surface area (Å²) in [5.74, 6) is -2.68. The number of hydrogen-bond acceptors (Lipinski definition) is 8. The smallest absolute Gasteiger partial charge is 0.417 e. The van der Waals surface area contributed by atoms with Gasteiger partial charge in [-0.05, 0) is 19.1 Å². The van der Waals surface area contributed by atoms with Crippen LogP contribution in [0.4, 0.5) is 13.2 Å². The van der Waals surface area contributed by atoms with Crippen LogP contribution in [0.15, 0.2) is 27.6 Å². The maximum atomic E-state index is 13.2. The minimum Gasteiger partial charge on any atom is -0.462 e. The summed E-state index contributed by atoms with van der Waals surface area (Å²) in [4.78, 5) is 26.2. The molecule has 1 unspecified atom stereocenters. The molecule has 0 saturated heterocycles. The first-order valence-electron chi connectivity index (χ1n) is 7.22. The number of nitrogens with one attached hydrogen (secondary N) is 1. The Morgan fingerprint density at radius 2 is 2.04 bits per heavy atom. The van der Waals surface area contributed by atoms with Crippen LogP contribution in [-0.2, 0) is 26.3 Å². The molecule has 1 aromatic carbocycles. The Balaban J connectivity index is 2.32. The molecule has 0 radical (unpaired) electrons. The van der Waals surface area contributed by atoms with Crippen LogP contribution in [0.5, 0.6) is 0 Å². The molecule has 0 fully saturated rings. The van der Waals surface area contributed by atoms with E-state index in [9.17, 15) is 27.0 Å². The highest BCUT2D eigenvalue weighted by Gasteiger charge is 2.38. The second-order valence-electron chi connectivity index (χ2n) is 4.79. The summed E-state index contributed by atoms with van der Waals surface area (Å²) in [5.41, 5.74) is -0.351. The van der Waals surface area contributed by atoms with Gasteiger partial charge in [0.25, 0.3) is 5.82 Å². The van der Waals surface area contributed by atoms with Crippen LogP contribution in [0.1, 0.15) is 39.4 Å². The Bertz CT molecular complexity index is 883. The fraction of sp³-hybridized carbons (Fsp3) is 0.286. The van der Waals surface area contributed by atoms with E-state index in [1.807, 2.05) is 0 Å². The van der Waals surface area contributed by atoms with Crippen LogP contribution < -0.4 is 5.48 Å². The number of carbonyl (C=O) groups is 2. The Kier molecular flexibility index (Phi) is 6.28. The Morgan fingerprint density at radius 3 is 2.59 bits per heavy atom. The summed E-state index contributed by atoms with van der Waals surface area (Å²) in [7, 11) is 0. The van der Waals surface area contributed by atoms with Crippen molar-refractivity contribution >= 4 is 23.0 Å². The molecule has 0 bridgehead atoms. The van der Waals surface area contributed by atoms with E-state index in [0.717, 1.165) is 12.1 Å². The molecule has 0 aliphatic rings. The first kappa shape index (κ1) is 20.5. The van der Waals surface area contributed by atoms with Gasteiger partial charge in [0, 0.05) is 6.92 Å². The van der Waals surface area contributed by atoms with E-state index in [2.05, 4.69) is 23.7 Å². The molecular formula is C14H12F3N3O6S. The Hall–Kier alpha value is -2.80. The van der Waals surface area contributed by atoms with E-state index < -0.39 is 51.0 Å². The lowest BCUT2D eigenvalue weighted by molar-refractivity contribution is -0.139. The van der Waals surface area contributed by atoms with Crippen LogP contribution in [0.25, 0.3) is 0 Å². The molecule has 2 rings (SSSR count). The minimum absolute atomic E-state index is 0.0493. The number of aromatic nitrogens is 2. The fourth-order valence-corrected chi connectivity index (χ4v) is 2.79. The summed E-state index contributed by atoms with van der Waals surface area (Å²) in [6.07, 6.45) is -4.94. The number of nitrogens with zero attached hydrogens (tertiary/aromatic N) is 2. The van der Waals surface area contributed by atoms with Crippen molar-refractivity contribution < 1.29 is 40.5 Å². The molecule has 1 amide bonds. The van der Waals surface area contributed by atoms with Gasteiger partial charge >= 0.3 is 18.1 Å². The van der Waals surface area contributed by atoms with Crippen molar-refractivity contribution in [2.45, 2.75) is 24.9 Å². The van der Waals surface area contributed by atoms with Gasteiger partial charge in [0.15, 0.2) is 0 Å². The number of rotatable bonds is 6. The number of hydroxylamine groups is 1. The van der Waals surface area contributed by atoms with E-state index in [0.29, 0.717) is 6.07 Å². The molecule has 0 spiro atoms. The fourth-order valence-electron chi connectivity index (χ4n) is 1.86. The van der Waals surface area contributed by atoms with Gasteiger partial charge in [-0.2, -0.15) is 22.4 Å². The van der Waals surface area contributed by atoms with E-state index >= 15 is 0 Å². The van der Waals surface area contributed by atoms with Crippen molar-refractivity contribution in [2.24, 2.45) is 0 Å². The highest BCUT2D eigenvalue weighted by Crippen LogP contribution is 2.35. The SMILES string of the molecule is CCOC(=O)c1cccc(C(F)(F)F)c1S(=O)ONC(=O)c1noc(C)n1. The van der Waals surface area contributed by atoms with Gasteiger partial charge in [0.2, 0.25) is 17.0 Å². The minimum atomic E-state index is -4.94. The highest BCUT2D eigenvalue weighted by molar-refractivity contribution is 7.80. The predicted octanol–water partition coefficient (Wildman–Crippen LogP) is 1.96. The second-order valence-corrected chi connectivity index (χ2v) is 5.83. The standard InChI is InChI=1S/C14H12F3N3O6S/c1-3-24-13(22)8-5-4-6-9(14(15,16)17)10(8)27(23)26-20-12(21)11-18-7(2)25-19-11/h4-6H,3H2,1-2H3,(H,20,21). The summed E-state index contributed by atoms with van der Waals surface area (Å²) in [5, 5.41) is 3.26. The number of esters is 1. The lowest BCUT2D eigenvalue weighted by Gasteiger charge is -2.15. The number of ether oxygens (including phenoxy) is 1. The van der Waals surface area contributed by atoms with Crippen LogP contribution >= 0.6 is 0 Å². The van der Waals surface area contributed by atoms with Crippen LogP contribution in [0.3, 0.4) is 0 Å². The first-order chi connectivity index (χ1) is 12.6. The first-order valence-corrected chi connectivity index (χ1v) is 8.29. The quantitative estimate of drug-likeness (QED) is 0.570. The highest BCUT2D eigenvalue weighted by atomic mass is 32.2. The van der Waals surface area contributed by atoms with Crippen molar-refractivity contribution in [2.75, 3.05) is 6.61 Å². The molecule has 13 heteroatoms. The zero-order chi connectivity index (χ0) is 20.2. The molecule has 1 heterocycles. The Labute approximate surface area is 152 Å². The maximum absolute atomic E-state index is 13.2. The number of halogens is 3. The largest absolute Gasteiger partial charge is 0.462 e. The monoisotopic (exact) mass is 407 g/mol. The van der Waals surface area contributed by atoms with Crippen molar-refractivity contribution in [3.8, 4) is 0 Å². The van der Waals surface area contributed by atoms with Gasteiger partial charge in [-0.25, -0.2) is 14.5 Å². The molecule has 1 atom stereocenters. The summed E-state index contributed by atoms with van der Waals surface area (Å²) in [6.45, 7) is 2.73. The Morgan fingerprint density at radius 1 is 1.33 bits per heavy atom. The summed E-state index contributed by atoms with van der Waals surface area (Å²) >= 11 is -2.90. The molecule has 0 aliphatic heterocycles. The molecule has 1 aromatic heterocycles. The lowest BCUT2D eigenvalue weighted by Crippen LogP contribution is -2.27. The molecule has 9 nitrogen and oxygen atoms in total. The topological polar surface area (TPSA) is 121 Å². The number of carbonyl (C=O) groups excluding carboxylic acids is 2. The predicted molar refractivity (Wildman–Crippen MR) is 81.4 cm³/mol. The number of alkyl halides is 3. The van der Waals surface area contributed by atoms with Gasteiger partial charge in [0.1, 0.15) is 0 Å². The van der Waals surface area contributed by atoms with E-state index in [4.69, 9.17) is 0 Å². The van der Waals surface area contributed by atoms with Crippen LogP contribution in [0, 0.1) is 6.92 Å². The normalized spacial score (nSPS) is 12.5. The molecule has 2 aromatic rings. The molecule has 146 valence electrons. The average Bonchev–Trinajstić information content (AvgIpc) is 3.04. The summed E-state index contributed by atoms with van der Waals surface area (Å²) < 4.78 is 65.7. The van der Waals surface area contributed by atoms with E-state index in [1.165, 1.54) is 13.8 Å². The summed E-state index contributed by atoms with van der Waals surface area (Å²) in [6, 6.07) is 2.56. The van der Waals surface area contributed by atoms with Crippen molar-refractivity contribution in [1.29, 1.82) is 0 Å². The average molecular weight is 407 g/mol.